The third-order valence-electron chi connectivity index (χ3n) is 5.05. The van der Waals surface area contributed by atoms with Crippen molar-refractivity contribution in [3.05, 3.63) is 68.6 Å². The van der Waals surface area contributed by atoms with E-state index in [-0.39, 0.29) is 22.8 Å². The van der Waals surface area contributed by atoms with Gasteiger partial charge < -0.3 is 15.5 Å². The molecule has 4 rings (SSSR count). The van der Waals surface area contributed by atoms with Crippen LogP contribution >= 0.6 is 22.9 Å². The monoisotopic (exact) mass is 477 g/mol. The molecular weight excluding hydrogens is 460 g/mol. The van der Waals surface area contributed by atoms with Crippen LogP contribution in [0.4, 0.5) is 25.0 Å². The number of carbonyl (C=O) groups excluding carboxylic acids is 2. The van der Waals surface area contributed by atoms with E-state index in [1.165, 1.54) is 6.07 Å². The van der Waals surface area contributed by atoms with Crippen LogP contribution in [0, 0.1) is 18.6 Å². The number of nitrogens with zero attached hydrogens (tertiary/aromatic N) is 3. The Kier molecular flexibility index (Phi) is 6.33. The summed E-state index contributed by atoms with van der Waals surface area (Å²) >= 11 is 7.09. The van der Waals surface area contributed by atoms with Gasteiger partial charge >= 0.3 is 6.03 Å². The van der Waals surface area contributed by atoms with Crippen LogP contribution in [0.2, 0.25) is 5.02 Å². The Morgan fingerprint density at radius 2 is 1.94 bits per heavy atom. The minimum Gasteiger partial charge on any atom is -0.320 e. The van der Waals surface area contributed by atoms with Gasteiger partial charge in [0.05, 0.1) is 6.04 Å². The predicted octanol–water partition coefficient (Wildman–Crippen LogP) is 5.40. The van der Waals surface area contributed by atoms with E-state index in [1.807, 2.05) is 13.0 Å². The Morgan fingerprint density at radius 3 is 2.72 bits per heavy atom. The average molecular weight is 478 g/mol. The van der Waals surface area contributed by atoms with Crippen molar-refractivity contribution in [3.8, 4) is 0 Å². The van der Waals surface area contributed by atoms with Crippen LogP contribution < -0.4 is 10.6 Å². The van der Waals surface area contributed by atoms with Crippen LogP contribution in [-0.4, -0.2) is 33.6 Å². The topological polar surface area (TPSA) is 87.2 Å². The van der Waals surface area contributed by atoms with Crippen molar-refractivity contribution in [1.82, 2.24) is 15.1 Å². The molecule has 0 bridgehead atoms. The molecule has 2 N–H and O–H groups in total. The molecule has 2 heterocycles. The summed E-state index contributed by atoms with van der Waals surface area (Å²) in [5.41, 5.74) is 1.60. The number of amides is 3. The van der Waals surface area contributed by atoms with Crippen LogP contribution in [0.5, 0.6) is 0 Å². The molecule has 1 aliphatic heterocycles. The number of benzene rings is 2. The van der Waals surface area contributed by atoms with Crippen molar-refractivity contribution in [2.45, 2.75) is 25.8 Å². The molecule has 2 aromatic carbocycles. The molecule has 32 heavy (non-hydrogen) atoms. The van der Waals surface area contributed by atoms with Gasteiger partial charge in [-0.2, -0.15) is 0 Å². The third kappa shape index (κ3) is 4.71. The zero-order valence-corrected chi connectivity index (χ0v) is 18.4. The van der Waals surface area contributed by atoms with Crippen LogP contribution in [0.15, 0.2) is 36.4 Å². The summed E-state index contributed by atoms with van der Waals surface area (Å²) in [5.74, 6) is -2.67. The van der Waals surface area contributed by atoms with Crippen molar-refractivity contribution in [2.75, 3.05) is 17.2 Å². The molecule has 3 aromatic rings. The number of hydrogen-bond acceptors (Lipinski definition) is 5. The van der Waals surface area contributed by atoms with E-state index in [0.717, 1.165) is 35.5 Å². The zero-order valence-electron chi connectivity index (χ0n) is 16.9. The lowest BCUT2D eigenvalue weighted by atomic mass is 10.2. The van der Waals surface area contributed by atoms with Crippen LogP contribution in [0.3, 0.4) is 0 Å². The lowest BCUT2D eigenvalue weighted by molar-refractivity contribution is 0.102. The highest BCUT2D eigenvalue weighted by Crippen LogP contribution is 2.34. The summed E-state index contributed by atoms with van der Waals surface area (Å²) < 4.78 is 26.4. The average Bonchev–Trinajstić information content (AvgIpc) is 3.43. The van der Waals surface area contributed by atoms with Gasteiger partial charge in [0.1, 0.15) is 5.01 Å². The van der Waals surface area contributed by atoms with Gasteiger partial charge in [-0.25, -0.2) is 13.6 Å². The highest BCUT2D eigenvalue weighted by molar-refractivity contribution is 7.13. The van der Waals surface area contributed by atoms with Gasteiger partial charge in [0.25, 0.3) is 5.91 Å². The van der Waals surface area contributed by atoms with E-state index in [9.17, 15) is 18.4 Å². The predicted molar refractivity (Wildman–Crippen MR) is 118 cm³/mol. The first-order chi connectivity index (χ1) is 15.3. The molecule has 0 spiro atoms. The molecule has 1 aliphatic rings. The Bertz CT molecular complexity index is 1190. The number of likely N-dealkylation sites (tertiary alicyclic amines) is 1. The molecule has 0 radical (unpaired) electrons. The van der Waals surface area contributed by atoms with E-state index >= 15 is 0 Å². The Balaban J connectivity index is 1.46. The molecule has 0 saturated carbocycles. The molecule has 1 saturated heterocycles. The van der Waals surface area contributed by atoms with Gasteiger partial charge in [-0.3, -0.25) is 4.79 Å². The van der Waals surface area contributed by atoms with Crippen LogP contribution in [0.1, 0.15) is 39.3 Å². The standard InChI is InChI=1S/C21H18ClF2N5O2S/c1-11-4-5-12(22)9-16(11)26-21(31)29-8-2-3-17(29)19-27-28-20(32-19)18(30)25-13-6-7-14(23)15(24)10-13/h4-7,9-10,17H,2-3,8H2,1H3,(H,25,30)(H,26,31)/t17-/m0/s1. The van der Waals surface area contributed by atoms with E-state index in [2.05, 4.69) is 20.8 Å². The van der Waals surface area contributed by atoms with Crippen LogP contribution in [0.25, 0.3) is 0 Å². The quantitative estimate of drug-likeness (QED) is 0.526. The van der Waals surface area contributed by atoms with Gasteiger partial charge in [0, 0.05) is 29.0 Å². The Morgan fingerprint density at radius 1 is 1.12 bits per heavy atom. The van der Waals surface area contributed by atoms with E-state index in [4.69, 9.17) is 11.6 Å². The summed E-state index contributed by atoms with van der Waals surface area (Å²) in [7, 11) is 0. The fourth-order valence-corrected chi connectivity index (χ4v) is 4.46. The second kappa shape index (κ2) is 9.17. The van der Waals surface area contributed by atoms with Crippen LogP contribution in [-0.2, 0) is 0 Å². The number of halogens is 3. The number of rotatable bonds is 4. The molecule has 166 valence electrons. The van der Waals surface area contributed by atoms with Gasteiger partial charge in [-0.05, 0) is 49.6 Å². The number of urea groups is 1. The first-order valence-electron chi connectivity index (χ1n) is 9.75. The normalized spacial score (nSPS) is 15.6. The largest absolute Gasteiger partial charge is 0.322 e. The molecule has 1 aromatic heterocycles. The second-order valence-corrected chi connectivity index (χ2v) is 8.71. The number of aromatic nitrogens is 2. The summed E-state index contributed by atoms with van der Waals surface area (Å²) in [4.78, 5) is 27.0. The molecule has 3 amide bonds. The minimum atomic E-state index is -1.07. The zero-order chi connectivity index (χ0) is 22.8. The maximum atomic E-state index is 13.4. The number of carbonyl (C=O) groups is 2. The molecule has 0 unspecified atom stereocenters. The number of hydrogen-bond donors (Lipinski definition) is 2. The first kappa shape index (κ1) is 22.1. The van der Waals surface area contributed by atoms with Crippen molar-refractivity contribution in [1.29, 1.82) is 0 Å². The summed E-state index contributed by atoms with van der Waals surface area (Å²) in [5, 5.41) is 14.5. The summed E-state index contributed by atoms with van der Waals surface area (Å²) in [6.45, 7) is 2.40. The van der Waals surface area contributed by atoms with Crippen molar-refractivity contribution in [3.63, 3.8) is 0 Å². The molecule has 1 atom stereocenters. The van der Waals surface area contributed by atoms with Gasteiger partial charge in [-0.1, -0.05) is 29.0 Å². The number of aryl methyl sites for hydroxylation is 1. The molecular formula is C21H18ClF2N5O2S. The van der Waals surface area contributed by atoms with Gasteiger partial charge in [-0.15, -0.1) is 10.2 Å². The first-order valence-corrected chi connectivity index (χ1v) is 10.9. The molecule has 0 aliphatic carbocycles. The maximum Gasteiger partial charge on any atom is 0.322 e. The maximum absolute atomic E-state index is 13.4. The summed E-state index contributed by atoms with van der Waals surface area (Å²) in [6, 6.07) is 7.70. The van der Waals surface area contributed by atoms with E-state index < -0.39 is 17.5 Å². The van der Waals surface area contributed by atoms with Crippen molar-refractivity contribution in [2.24, 2.45) is 0 Å². The molecule has 7 nitrogen and oxygen atoms in total. The smallest absolute Gasteiger partial charge is 0.320 e. The van der Waals surface area contributed by atoms with Gasteiger partial charge in [0.15, 0.2) is 11.6 Å². The molecule has 11 heteroatoms. The third-order valence-corrected chi connectivity index (χ3v) is 6.31. The Labute approximate surface area is 191 Å². The van der Waals surface area contributed by atoms with Crippen molar-refractivity contribution >= 4 is 46.3 Å². The van der Waals surface area contributed by atoms with E-state index in [0.29, 0.717) is 28.7 Å². The lowest BCUT2D eigenvalue weighted by Crippen LogP contribution is -2.34. The fourth-order valence-electron chi connectivity index (χ4n) is 3.40. The highest BCUT2D eigenvalue weighted by Gasteiger charge is 2.33. The number of anilines is 2. The number of nitrogens with one attached hydrogen (secondary N) is 2. The van der Waals surface area contributed by atoms with Gasteiger partial charge in [0.2, 0.25) is 5.01 Å². The minimum absolute atomic E-state index is 0.0580. The second-order valence-electron chi connectivity index (χ2n) is 7.27. The fraction of sp³-hybridized carbons (Fsp3) is 0.238. The summed E-state index contributed by atoms with van der Waals surface area (Å²) in [6.07, 6.45) is 1.46. The highest BCUT2D eigenvalue weighted by atomic mass is 35.5. The lowest BCUT2D eigenvalue weighted by Gasteiger charge is -2.23. The van der Waals surface area contributed by atoms with E-state index in [1.54, 1.807) is 17.0 Å². The molecule has 1 fully saturated rings. The Hall–Kier alpha value is -3.11. The SMILES string of the molecule is Cc1ccc(Cl)cc1NC(=O)N1CCC[C@H]1c1nnc(C(=O)Nc2ccc(F)c(F)c2)s1. The van der Waals surface area contributed by atoms with Crippen molar-refractivity contribution < 1.29 is 18.4 Å².